The first-order chi connectivity index (χ1) is 40.1. The minimum absolute atomic E-state index is 0.110. The maximum absolute atomic E-state index is 13.8. The lowest BCUT2D eigenvalue weighted by molar-refractivity contribution is 0.388. The molecule has 18 heteroatoms. The highest BCUT2D eigenvalue weighted by molar-refractivity contribution is 5.71. The minimum Gasteiger partial charge on any atom is -0.455 e. The van der Waals surface area contributed by atoms with Gasteiger partial charge in [-0.05, 0) is 142 Å². The highest BCUT2D eigenvalue weighted by Gasteiger charge is 2.17. The van der Waals surface area contributed by atoms with E-state index in [-0.39, 0.29) is 34.2 Å². The van der Waals surface area contributed by atoms with Crippen LogP contribution in [0.3, 0.4) is 0 Å². The standard InChI is InChI=1S/2C17H19N3O.2C16H16FN3O/c1-12-9-17(14(18)10-15(12)19-2)21-16-8-6-5-7-13(16)11-20(3)4;1-12-14(19-2)9-10-16(17(12)18)21-15-8-6-5-7-13(15)11-20(3)4;1-19-14-9-13(18)16(8-12(14)17)21-15-7-5-4-6-11(15)10-20(2)3;1-19-12-8-9-14(16(18)15(12)17)21-13-7-5-4-6-11(13)10-20(2)3/h2*5-10H,11,18H2,1,3-4H3;2*4-9H,10,18H2,2-3H3/i;;2*17-1. The molecule has 0 amide bonds. The number of rotatable bonds is 16. The van der Waals surface area contributed by atoms with Crippen molar-refractivity contribution < 1.29 is 27.7 Å². The number of anilines is 4. The Morgan fingerprint density at radius 3 is 1.06 bits per heavy atom. The summed E-state index contributed by atoms with van der Waals surface area (Å²) in [5.74, 6) is 3.03. The molecule has 16 nitrogen and oxygen atoms in total. The molecule has 0 aliphatic rings. The quantitative estimate of drug-likeness (QED) is 0.0534. The van der Waals surface area contributed by atoms with Crippen molar-refractivity contribution in [3.63, 3.8) is 0 Å². The van der Waals surface area contributed by atoms with Gasteiger partial charge in [0.1, 0.15) is 46.0 Å². The van der Waals surface area contributed by atoms with Crippen LogP contribution in [0.2, 0.25) is 0 Å². The van der Waals surface area contributed by atoms with E-state index in [4.69, 9.17) is 68.2 Å². The number of nitrogens with zero attached hydrogens (tertiary/aromatic N) is 8. The molecule has 8 aromatic rings. The molecule has 0 bridgehead atoms. The molecule has 0 saturated heterocycles. The Morgan fingerprint density at radius 2 is 0.690 bits per heavy atom. The lowest BCUT2D eigenvalue weighted by atomic mass is 10.1. The Labute approximate surface area is 492 Å². The third-order valence-corrected chi connectivity index (χ3v) is 12.2. The van der Waals surface area contributed by atoms with Gasteiger partial charge >= 0.3 is 0 Å². The van der Waals surface area contributed by atoms with E-state index in [9.17, 15) is 8.78 Å². The molecule has 8 aromatic carbocycles. The molecule has 0 aromatic heterocycles. The third kappa shape index (κ3) is 18.4. The summed E-state index contributed by atoms with van der Waals surface area (Å²) in [6.07, 6.45) is 0. The third-order valence-electron chi connectivity index (χ3n) is 12.2. The van der Waals surface area contributed by atoms with Gasteiger partial charge < -0.3 is 61.5 Å². The van der Waals surface area contributed by atoms with E-state index in [2.05, 4.69) is 29.2 Å². The predicted octanol–water partition coefficient (Wildman–Crippen LogP) is 15.6. The average molecular weight is 1130 g/mol. The molecule has 8 N–H and O–H groups in total. The Hall–Kier alpha value is -10.2. The smallest absolute Gasteiger partial charge is 0.224 e. The molecule has 84 heavy (non-hydrogen) atoms. The van der Waals surface area contributed by atoms with Gasteiger partial charge in [0.15, 0.2) is 28.7 Å². The van der Waals surface area contributed by atoms with Gasteiger partial charge in [0.05, 0.1) is 43.4 Å². The number of nitrogens with two attached hydrogens (primary N) is 4. The van der Waals surface area contributed by atoms with Crippen LogP contribution in [-0.4, -0.2) is 76.0 Å². The van der Waals surface area contributed by atoms with E-state index in [0.717, 1.165) is 64.0 Å². The van der Waals surface area contributed by atoms with Crippen molar-refractivity contribution in [1.29, 1.82) is 0 Å². The van der Waals surface area contributed by atoms with Crippen LogP contribution in [0.15, 0.2) is 146 Å². The highest BCUT2D eigenvalue weighted by atomic mass is 18.2. The topological polar surface area (TPSA) is 171 Å². The number of hydrogen-bond donors (Lipinski definition) is 4. The predicted molar refractivity (Wildman–Crippen MR) is 333 cm³/mol. The zero-order chi connectivity index (χ0) is 61.6. The van der Waals surface area contributed by atoms with Crippen LogP contribution in [0, 0.1) is 51.8 Å². The zero-order valence-electron chi connectivity index (χ0n) is 49.0. The fraction of sp³-hybridized carbons (Fsp3) is 0.212. The maximum atomic E-state index is 13.8. The Morgan fingerprint density at radius 1 is 0.369 bits per heavy atom. The van der Waals surface area contributed by atoms with Crippen LogP contribution < -0.4 is 41.9 Å². The zero-order valence-corrected chi connectivity index (χ0v) is 49.0. The number of nitrogen functional groups attached to an aromatic ring is 4. The molecule has 8 rings (SSSR count). The lowest BCUT2D eigenvalue weighted by Gasteiger charge is -2.16. The number of hydrogen-bond acceptors (Lipinski definition) is 12. The van der Waals surface area contributed by atoms with E-state index in [0.29, 0.717) is 58.8 Å². The molecule has 0 radical (unpaired) electrons. The van der Waals surface area contributed by atoms with Crippen molar-refractivity contribution in [2.24, 2.45) is 0 Å². The largest absolute Gasteiger partial charge is 0.455 e. The summed E-state index contributed by atoms with van der Waals surface area (Å²) in [5, 5.41) is 0. The summed E-state index contributed by atoms with van der Waals surface area (Å²) in [7, 11) is 15.9. The fourth-order valence-corrected chi connectivity index (χ4v) is 8.04. The number of ether oxygens (including phenoxy) is 4. The molecule has 0 spiro atoms. The summed E-state index contributed by atoms with van der Waals surface area (Å²) in [4.78, 5) is 21.2. The molecule has 0 aliphatic carbocycles. The van der Waals surface area contributed by atoms with Crippen molar-refractivity contribution in [2.45, 2.75) is 40.0 Å². The van der Waals surface area contributed by atoms with Gasteiger partial charge in [-0.2, -0.15) is 0 Å². The SMILES string of the molecule is [C-]#[N+]c1cc(N)c(Oc2ccccc2CN(C)C)cc1C.[C-]#[N+]c1cc(N)c(Oc2ccccc2CN(C)C)cc1[18F].[C-]#[N+]c1ccc(Oc2ccccc2CN(C)C)c(N)c1C.[C-]#[N+]c1ccc(Oc2ccccc2CN(C)C)c(N)c1[18F]. The summed E-state index contributed by atoms with van der Waals surface area (Å²) >= 11 is 0. The summed E-state index contributed by atoms with van der Waals surface area (Å²) < 4.78 is 50.9. The van der Waals surface area contributed by atoms with Crippen molar-refractivity contribution >= 4 is 45.5 Å². The van der Waals surface area contributed by atoms with E-state index < -0.39 is 11.6 Å². The lowest BCUT2D eigenvalue weighted by Crippen LogP contribution is -2.11. The molecule has 0 unspecified atom stereocenters. The van der Waals surface area contributed by atoms with Crippen molar-refractivity contribution in [1.82, 2.24) is 19.6 Å². The van der Waals surface area contributed by atoms with Crippen molar-refractivity contribution in [3.8, 4) is 46.0 Å². The van der Waals surface area contributed by atoms with Gasteiger partial charge in [-0.3, -0.25) is 0 Å². The van der Waals surface area contributed by atoms with Gasteiger partial charge in [-0.25, -0.2) is 28.2 Å². The van der Waals surface area contributed by atoms with Crippen LogP contribution in [0.25, 0.3) is 19.4 Å². The Bertz CT molecular complexity index is 3360. The molecule has 0 saturated carbocycles. The molecule has 0 aliphatic heterocycles. The van der Waals surface area contributed by atoms with E-state index in [1.165, 1.54) is 18.2 Å². The molecule has 0 fully saturated rings. The molecule has 0 heterocycles. The second-order valence-corrected chi connectivity index (χ2v) is 20.2. The Balaban J connectivity index is 0.000000205. The summed E-state index contributed by atoms with van der Waals surface area (Å²) in [6, 6.07) is 43.0. The van der Waals surface area contributed by atoms with Gasteiger partial charge in [-0.15, -0.1) is 0 Å². The second-order valence-electron chi connectivity index (χ2n) is 20.2. The second kappa shape index (κ2) is 31.1. The monoisotopic (exact) mass is 1130 g/mol. The minimum atomic E-state index is -0.743. The first kappa shape index (κ1) is 64.6. The van der Waals surface area contributed by atoms with Crippen LogP contribution >= 0.6 is 0 Å². The first-order valence-corrected chi connectivity index (χ1v) is 26.2. The fourth-order valence-electron chi connectivity index (χ4n) is 8.04. The molecule has 432 valence electrons. The van der Waals surface area contributed by atoms with Gasteiger partial charge in [0.25, 0.3) is 0 Å². The van der Waals surface area contributed by atoms with Gasteiger partial charge in [-0.1, -0.05) is 78.9 Å². The van der Waals surface area contributed by atoms with Crippen LogP contribution in [-0.2, 0) is 26.2 Å². The Kier molecular flexibility index (Phi) is 24.0. The van der Waals surface area contributed by atoms with E-state index in [1.807, 2.05) is 171 Å². The number of aryl methyl sites for hydroxylation is 1. The van der Waals surface area contributed by atoms with Crippen LogP contribution in [0.5, 0.6) is 46.0 Å². The maximum Gasteiger partial charge on any atom is 0.224 e. The number of benzene rings is 8. The van der Waals surface area contributed by atoms with Gasteiger partial charge in [0.2, 0.25) is 11.4 Å². The first-order valence-electron chi connectivity index (χ1n) is 26.2. The number of para-hydroxylation sites is 4. The molecular weight excluding hydrogens is 1060 g/mol. The highest BCUT2D eigenvalue weighted by Crippen LogP contribution is 2.40. The van der Waals surface area contributed by atoms with E-state index in [1.54, 1.807) is 30.3 Å². The summed E-state index contributed by atoms with van der Waals surface area (Å²) in [6.45, 7) is 34.6. The van der Waals surface area contributed by atoms with Crippen molar-refractivity contribution in [2.75, 3.05) is 79.3 Å². The molecule has 0 atom stereocenters. The normalized spacial score (nSPS) is 10.4. The van der Waals surface area contributed by atoms with Crippen molar-refractivity contribution in [3.05, 3.63) is 236 Å². The van der Waals surface area contributed by atoms with Crippen LogP contribution in [0.1, 0.15) is 33.4 Å². The number of halogens is 2. The molecular formula is C66H70F2N12O4. The van der Waals surface area contributed by atoms with E-state index >= 15 is 0 Å². The van der Waals surface area contributed by atoms with Crippen LogP contribution in [0.4, 0.5) is 54.3 Å². The van der Waals surface area contributed by atoms with Gasteiger partial charge in [0, 0.05) is 54.5 Å². The summed E-state index contributed by atoms with van der Waals surface area (Å²) in [5.41, 5.74) is 31.3. The average Bonchev–Trinajstić information content (AvgIpc) is 3.62.